The van der Waals surface area contributed by atoms with E-state index in [1.54, 1.807) is 0 Å². The molecule has 0 aliphatic heterocycles. The molecule has 0 spiro atoms. The summed E-state index contributed by atoms with van der Waals surface area (Å²) in [6, 6.07) is 10.2. The quantitative estimate of drug-likeness (QED) is 0.476. The number of guanidine groups is 1. The van der Waals surface area contributed by atoms with Crippen molar-refractivity contribution < 1.29 is 0 Å². The van der Waals surface area contributed by atoms with Crippen molar-refractivity contribution in [2.45, 2.75) is 0 Å². The standard InChI is InChI=1S/C13H11N3/c14-13(15)16-11-7-5-9-3-1-2-8-4-6-10(11)12(8)9/h1-7H,(H4,14,15,16). The summed E-state index contributed by atoms with van der Waals surface area (Å²) in [6.45, 7) is 0. The van der Waals surface area contributed by atoms with E-state index in [9.17, 15) is 0 Å². The molecule has 3 rings (SSSR count). The van der Waals surface area contributed by atoms with E-state index in [0.29, 0.717) is 0 Å². The Bertz CT molecular complexity index is 635. The number of hydrogen-bond acceptors (Lipinski definition) is 1. The molecule has 0 saturated carbocycles. The van der Waals surface area contributed by atoms with E-state index in [1.165, 1.54) is 16.3 Å². The predicted molar refractivity (Wildman–Crippen MR) is 68.3 cm³/mol. The molecule has 2 aromatic carbocycles. The smallest absolute Gasteiger partial charge is 0.191 e. The zero-order chi connectivity index (χ0) is 11.1. The Labute approximate surface area is 93.1 Å². The summed E-state index contributed by atoms with van der Waals surface area (Å²) in [7, 11) is 0. The zero-order valence-corrected chi connectivity index (χ0v) is 8.64. The SMILES string of the molecule is NC(N)=Nc1ccc2cccc3c2c1C=C3. The molecule has 0 fully saturated rings. The van der Waals surface area contributed by atoms with Crippen LogP contribution in [0, 0.1) is 0 Å². The van der Waals surface area contributed by atoms with Crippen LogP contribution in [-0.4, -0.2) is 5.96 Å². The topological polar surface area (TPSA) is 64.4 Å². The minimum atomic E-state index is 0.0911. The number of aliphatic imine (C=N–C) groups is 1. The number of nitrogens with two attached hydrogens (primary N) is 2. The van der Waals surface area contributed by atoms with Crippen molar-refractivity contribution in [3.8, 4) is 0 Å². The maximum absolute atomic E-state index is 5.41. The van der Waals surface area contributed by atoms with Crippen LogP contribution in [0.2, 0.25) is 0 Å². The third-order valence-electron chi connectivity index (χ3n) is 2.77. The largest absolute Gasteiger partial charge is 0.370 e. The Kier molecular flexibility index (Phi) is 1.74. The van der Waals surface area contributed by atoms with Crippen LogP contribution in [0.4, 0.5) is 5.69 Å². The van der Waals surface area contributed by atoms with Gasteiger partial charge in [0.25, 0.3) is 0 Å². The number of nitrogens with zero attached hydrogens (tertiary/aromatic N) is 1. The van der Waals surface area contributed by atoms with Crippen molar-refractivity contribution in [2.75, 3.05) is 0 Å². The van der Waals surface area contributed by atoms with E-state index in [1.807, 2.05) is 12.1 Å². The molecule has 0 saturated heterocycles. The van der Waals surface area contributed by atoms with Gasteiger partial charge in [0.2, 0.25) is 0 Å². The fraction of sp³-hybridized carbons (Fsp3) is 0. The summed E-state index contributed by atoms with van der Waals surface area (Å²) in [5, 5.41) is 2.44. The van der Waals surface area contributed by atoms with E-state index in [4.69, 9.17) is 11.5 Å². The van der Waals surface area contributed by atoms with Gasteiger partial charge >= 0.3 is 0 Å². The number of rotatable bonds is 1. The van der Waals surface area contributed by atoms with Crippen LogP contribution in [-0.2, 0) is 0 Å². The van der Waals surface area contributed by atoms with Crippen molar-refractivity contribution in [2.24, 2.45) is 16.5 Å². The first-order valence-electron chi connectivity index (χ1n) is 5.09. The molecule has 3 nitrogen and oxygen atoms in total. The number of hydrogen-bond donors (Lipinski definition) is 2. The molecule has 0 amide bonds. The second-order valence-corrected chi connectivity index (χ2v) is 3.81. The van der Waals surface area contributed by atoms with E-state index < -0.39 is 0 Å². The summed E-state index contributed by atoms with van der Waals surface area (Å²) in [5.41, 5.74) is 14.0. The summed E-state index contributed by atoms with van der Waals surface area (Å²) in [4.78, 5) is 4.13. The van der Waals surface area contributed by atoms with Gasteiger partial charge in [0, 0.05) is 5.56 Å². The van der Waals surface area contributed by atoms with Gasteiger partial charge in [0.15, 0.2) is 5.96 Å². The molecule has 0 radical (unpaired) electrons. The average molecular weight is 209 g/mol. The molecule has 3 heteroatoms. The molecule has 16 heavy (non-hydrogen) atoms. The fourth-order valence-corrected chi connectivity index (χ4v) is 2.14. The van der Waals surface area contributed by atoms with Gasteiger partial charge in [-0.2, -0.15) is 0 Å². The van der Waals surface area contributed by atoms with Gasteiger partial charge in [-0.25, -0.2) is 4.99 Å². The molecule has 1 aliphatic carbocycles. The monoisotopic (exact) mass is 209 g/mol. The number of benzene rings is 2. The van der Waals surface area contributed by atoms with Crippen LogP contribution in [0.1, 0.15) is 11.1 Å². The third-order valence-corrected chi connectivity index (χ3v) is 2.77. The molecule has 2 aromatic rings. The second-order valence-electron chi connectivity index (χ2n) is 3.81. The molecule has 0 aromatic heterocycles. The Morgan fingerprint density at radius 1 is 1.00 bits per heavy atom. The Balaban J connectivity index is 2.39. The van der Waals surface area contributed by atoms with Crippen molar-refractivity contribution in [1.82, 2.24) is 0 Å². The molecule has 0 heterocycles. The van der Waals surface area contributed by atoms with Gasteiger partial charge in [-0.15, -0.1) is 0 Å². The van der Waals surface area contributed by atoms with Gasteiger partial charge in [0.1, 0.15) is 0 Å². The predicted octanol–water partition coefficient (Wildman–Crippen LogP) is 2.23. The highest BCUT2D eigenvalue weighted by molar-refractivity contribution is 6.08. The first-order chi connectivity index (χ1) is 7.75. The average Bonchev–Trinajstić information content (AvgIpc) is 2.68. The lowest BCUT2D eigenvalue weighted by molar-refractivity contribution is 1.43. The second kappa shape index (κ2) is 3.10. The zero-order valence-electron chi connectivity index (χ0n) is 8.64. The van der Waals surface area contributed by atoms with Gasteiger partial charge < -0.3 is 11.5 Å². The molecule has 1 aliphatic rings. The molecular weight excluding hydrogens is 198 g/mol. The first-order valence-corrected chi connectivity index (χ1v) is 5.09. The molecule has 4 N–H and O–H groups in total. The van der Waals surface area contributed by atoms with Crippen molar-refractivity contribution in [3.05, 3.63) is 41.5 Å². The Morgan fingerprint density at radius 3 is 2.69 bits per heavy atom. The Hall–Kier alpha value is -2.29. The van der Waals surface area contributed by atoms with E-state index >= 15 is 0 Å². The lowest BCUT2D eigenvalue weighted by Crippen LogP contribution is -2.21. The highest BCUT2D eigenvalue weighted by Gasteiger charge is 2.12. The summed E-state index contributed by atoms with van der Waals surface area (Å²) >= 11 is 0. The minimum absolute atomic E-state index is 0.0911. The van der Waals surface area contributed by atoms with Crippen molar-refractivity contribution in [3.63, 3.8) is 0 Å². The maximum Gasteiger partial charge on any atom is 0.191 e. The van der Waals surface area contributed by atoms with Crippen LogP contribution < -0.4 is 11.5 Å². The van der Waals surface area contributed by atoms with Crippen molar-refractivity contribution in [1.29, 1.82) is 0 Å². The summed E-state index contributed by atoms with van der Waals surface area (Å²) in [6.07, 6.45) is 4.14. The van der Waals surface area contributed by atoms with Gasteiger partial charge in [-0.1, -0.05) is 36.4 Å². The lowest BCUT2D eigenvalue weighted by atomic mass is 10.0. The summed E-state index contributed by atoms with van der Waals surface area (Å²) in [5.74, 6) is 0.0911. The van der Waals surface area contributed by atoms with Gasteiger partial charge in [-0.05, 0) is 22.4 Å². The highest BCUT2D eigenvalue weighted by Crippen LogP contribution is 2.36. The van der Waals surface area contributed by atoms with E-state index in [2.05, 4.69) is 35.3 Å². The normalized spacial score (nSPS) is 12.0. The minimum Gasteiger partial charge on any atom is -0.370 e. The molecule has 0 bridgehead atoms. The van der Waals surface area contributed by atoms with Crippen LogP contribution >= 0.6 is 0 Å². The molecular formula is C13H11N3. The van der Waals surface area contributed by atoms with Crippen LogP contribution in [0.25, 0.3) is 22.9 Å². The highest BCUT2D eigenvalue weighted by atomic mass is 15.0. The molecule has 0 unspecified atom stereocenters. The van der Waals surface area contributed by atoms with Crippen LogP contribution in [0.15, 0.2) is 35.3 Å². The first kappa shape index (κ1) is 8.97. The molecule has 0 atom stereocenters. The third kappa shape index (κ3) is 1.18. The molecule has 78 valence electrons. The van der Waals surface area contributed by atoms with Gasteiger partial charge in [0.05, 0.1) is 5.69 Å². The lowest BCUT2D eigenvalue weighted by Gasteiger charge is -2.05. The summed E-state index contributed by atoms with van der Waals surface area (Å²) < 4.78 is 0. The van der Waals surface area contributed by atoms with Crippen LogP contribution in [0.5, 0.6) is 0 Å². The van der Waals surface area contributed by atoms with E-state index in [-0.39, 0.29) is 5.96 Å². The van der Waals surface area contributed by atoms with Crippen LogP contribution in [0.3, 0.4) is 0 Å². The maximum atomic E-state index is 5.41. The Morgan fingerprint density at radius 2 is 1.88 bits per heavy atom. The van der Waals surface area contributed by atoms with E-state index in [0.717, 1.165) is 11.3 Å². The fourth-order valence-electron chi connectivity index (χ4n) is 2.14. The van der Waals surface area contributed by atoms with Crippen molar-refractivity contribution >= 4 is 34.6 Å². The van der Waals surface area contributed by atoms with Gasteiger partial charge in [-0.3, -0.25) is 0 Å².